The van der Waals surface area contributed by atoms with E-state index in [9.17, 15) is 13.6 Å². The third-order valence-corrected chi connectivity index (χ3v) is 2.47. The zero-order chi connectivity index (χ0) is 13.7. The lowest BCUT2D eigenvalue weighted by Gasteiger charge is -2.13. The number of benzene rings is 1. The fourth-order valence-electron chi connectivity index (χ4n) is 1.29. The molecule has 0 aliphatic heterocycles. The number of rotatable bonds is 5. The van der Waals surface area contributed by atoms with Crippen molar-refractivity contribution in [1.82, 2.24) is 0 Å². The van der Waals surface area contributed by atoms with Crippen molar-refractivity contribution in [3.8, 4) is 0 Å². The summed E-state index contributed by atoms with van der Waals surface area (Å²) in [6.45, 7) is 2.11. The first-order valence-corrected chi connectivity index (χ1v) is 5.34. The van der Waals surface area contributed by atoms with Gasteiger partial charge in [-0.3, -0.25) is 0 Å². The van der Waals surface area contributed by atoms with E-state index in [1.54, 1.807) is 6.92 Å². The highest BCUT2D eigenvalue weighted by Gasteiger charge is 2.19. The number of esters is 1. The molecule has 18 heavy (non-hydrogen) atoms. The van der Waals surface area contributed by atoms with Crippen LogP contribution in [0.1, 0.15) is 17.3 Å². The van der Waals surface area contributed by atoms with Gasteiger partial charge >= 0.3 is 5.97 Å². The predicted octanol–water partition coefficient (Wildman–Crippen LogP) is 2.20. The predicted molar refractivity (Wildman–Crippen MR) is 62.7 cm³/mol. The lowest BCUT2D eigenvalue weighted by atomic mass is 10.1. The molecule has 1 aromatic rings. The van der Waals surface area contributed by atoms with Gasteiger partial charge in [-0.05, 0) is 19.1 Å². The largest absolute Gasteiger partial charge is 0.465 e. The number of anilines is 1. The Labute approximate surface area is 104 Å². The van der Waals surface area contributed by atoms with Crippen LogP contribution >= 0.6 is 0 Å². The summed E-state index contributed by atoms with van der Waals surface area (Å²) in [4.78, 5) is 11.1. The number of ether oxygens (including phenoxy) is 2. The lowest BCUT2D eigenvalue weighted by Crippen LogP contribution is -2.19. The summed E-state index contributed by atoms with van der Waals surface area (Å²) in [5, 5.41) is 2.70. The van der Waals surface area contributed by atoms with Crippen molar-refractivity contribution >= 4 is 11.7 Å². The van der Waals surface area contributed by atoms with Crippen LogP contribution in [0.4, 0.5) is 14.5 Å². The Kier molecular flexibility index (Phi) is 5.03. The van der Waals surface area contributed by atoms with E-state index in [1.165, 1.54) is 19.2 Å². The van der Waals surface area contributed by atoms with Gasteiger partial charge in [-0.1, -0.05) is 0 Å². The Bertz CT molecular complexity index is 438. The van der Waals surface area contributed by atoms with E-state index in [-0.39, 0.29) is 11.8 Å². The molecule has 0 aliphatic rings. The molecule has 1 N–H and O–H groups in total. The monoisotopic (exact) mass is 259 g/mol. The zero-order valence-electron chi connectivity index (χ0n) is 10.4. The van der Waals surface area contributed by atoms with Crippen LogP contribution in [-0.2, 0) is 9.47 Å². The van der Waals surface area contributed by atoms with Gasteiger partial charge in [0.2, 0.25) is 0 Å². The van der Waals surface area contributed by atoms with Crippen LogP contribution in [0.15, 0.2) is 12.1 Å². The summed E-state index contributed by atoms with van der Waals surface area (Å²) in [6, 6.07) is 2.46. The Morgan fingerprint density at radius 3 is 2.56 bits per heavy atom. The van der Waals surface area contributed by atoms with E-state index < -0.39 is 23.2 Å². The van der Waals surface area contributed by atoms with Crippen molar-refractivity contribution in [2.75, 3.05) is 26.1 Å². The third-order valence-electron chi connectivity index (χ3n) is 2.47. The van der Waals surface area contributed by atoms with E-state index in [0.29, 0.717) is 6.54 Å². The highest BCUT2D eigenvalue weighted by atomic mass is 19.2. The number of hydrogen-bond donors (Lipinski definition) is 1. The van der Waals surface area contributed by atoms with Gasteiger partial charge in [0.05, 0.1) is 24.5 Å². The fourth-order valence-corrected chi connectivity index (χ4v) is 1.29. The molecule has 0 saturated carbocycles. The average molecular weight is 259 g/mol. The van der Waals surface area contributed by atoms with Gasteiger partial charge in [-0.15, -0.1) is 0 Å². The molecule has 0 amide bonds. The minimum absolute atomic E-state index is 0.0240. The van der Waals surface area contributed by atoms with Crippen molar-refractivity contribution < 1.29 is 23.0 Å². The lowest BCUT2D eigenvalue weighted by molar-refractivity contribution is 0.0594. The second-order valence-corrected chi connectivity index (χ2v) is 3.71. The number of nitrogens with one attached hydrogen (secondary N) is 1. The first-order valence-electron chi connectivity index (χ1n) is 5.34. The summed E-state index contributed by atoms with van der Waals surface area (Å²) in [6.07, 6.45) is -0.146. The van der Waals surface area contributed by atoms with Crippen molar-refractivity contribution in [3.05, 3.63) is 29.3 Å². The number of carbonyl (C=O) groups is 1. The highest BCUT2D eigenvalue weighted by Crippen LogP contribution is 2.21. The maximum atomic E-state index is 13.6. The summed E-state index contributed by atoms with van der Waals surface area (Å²) in [7, 11) is 2.62. The van der Waals surface area contributed by atoms with Gasteiger partial charge in [-0.2, -0.15) is 0 Å². The van der Waals surface area contributed by atoms with Crippen LogP contribution in [0.3, 0.4) is 0 Å². The molecule has 0 heterocycles. The Morgan fingerprint density at radius 1 is 1.33 bits per heavy atom. The SMILES string of the molecule is COC(=O)c1ccc(NCC(C)OC)c(F)c1F. The van der Waals surface area contributed by atoms with Crippen LogP contribution in [0, 0.1) is 11.6 Å². The molecule has 0 radical (unpaired) electrons. The minimum Gasteiger partial charge on any atom is -0.465 e. The van der Waals surface area contributed by atoms with Crippen LogP contribution in [0.5, 0.6) is 0 Å². The van der Waals surface area contributed by atoms with E-state index in [0.717, 1.165) is 7.11 Å². The van der Waals surface area contributed by atoms with Gasteiger partial charge in [0.15, 0.2) is 11.6 Å². The molecule has 100 valence electrons. The number of halogens is 2. The van der Waals surface area contributed by atoms with Gasteiger partial charge in [0.25, 0.3) is 0 Å². The quantitative estimate of drug-likeness (QED) is 0.823. The second kappa shape index (κ2) is 6.30. The van der Waals surface area contributed by atoms with Crippen LogP contribution in [-0.4, -0.2) is 32.8 Å². The summed E-state index contributed by atoms with van der Waals surface area (Å²) < 4.78 is 36.5. The average Bonchev–Trinajstić information content (AvgIpc) is 2.39. The molecule has 0 aromatic heterocycles. The maximum Gasteiger partial charge on any atom is 0.340 e. The standard InChI is InChI=1S/C12H15F2NO3/c1-7(17-2)6-15-9-5-4-8(12(16)18-3)10(13)11(9)14/h4-5,7,15H,6H2,1-3H3. The molecular formula is C12H15F2NO3. The molecule has 1 aromatic carbocycles. The topological polar surface area (TPSA) is 47.6 Å². The highest BCUT2D eigenvalue weighted by molar-refractivity contribution is 5.90. The van der Waals surface area contributed by atoms with Crippen LogP contribution < -0.4 is 5.32 Å². The molecule has 6 heteroatoms. The second-order valence-electron chi connectivity index (χ2n) is 3.71. The van der Waals surface area contributed by atoms with Gasteiger partial charge in [0.1, 0.15) is 0 Å². The Hall–Kier alpha value is -1.69. The number of methoxy groups -OCH3 is 2. The molecule has 0 fully saturated rings. The summed E-state index contributed by atoms with van der Waals surface area (Å²) >= 11 is 0. The third kappa shape index (κ3) is 3.16. The van der Waals surface area contributed by atoms with Crippen LogP contribution in [0.25, 0.3) is 0 Å². The zero-order valence-corrected chi connectivity index (χ0v) is 10.4. The molecule has 0 saturated heterocycles. The van der Waals surface area contributed by atoms with Crippen molar-refractivity contribution in [2.45, 2.75) is 13.0 Å². The number of hydrogen-bond acceptors (Lipinski definition) is 4. The van der Waals surface area contributed by atoms with Gasteiger partial charge in [0, 0.05) is 13.7 Å². The van der Waals surface area contributed by atoms with Crippen molar-refractivity contribution in [3.63, 3.8) is 0 Å². The molecule has 0 bridgehead atoms. The van der Waals surface area contributed by atoms with Crippen molar-refractivity contribution in [1.29, 1.82) is 0 Å². The molecule has 0 aliphatic carbocycles. The molecule has 0 spiro atoms. The van der Waals surface area contributed by atoms with E-state index >= 15 is 0 Å². The molecule has 1 unspecified atom stereocenters. The van der Waals surface area contributed by atoms with Gasteiger partial charge < -0.3 is 14.8 Å². The molecular weight excluding hydrogens is 244 g/mol. The van der Waals surface area contributed by atoms with E-state index in [1.807, 2.05) is 0 Å². The van der Waals surface area contributed by atoms with Gasteiger partial charge in [-0.25, -0.2) is 13.6 Å². The first kappa shape index (κ1) is 14.4. The van der Waals surface area contributed by atoms with Crippen LogP contribution in [0.2, 0.25) is 0 Å². The smallest absolute Gasteiger partial charge is 0.340 e. The first-order chi connectivity index (χ1) is 8.51. The Balaban J connectivity index is 2.90. The van der Waals surface area contributed by atoms with E-state index in [4.69, 9.17) is 4.74 Å². The fraction of sp³-hybridized carbons (Fsp3) is 0.417. The Morgan fingerprint density at radius 2 is 2.00 bits per heavy atom. The molecule has 1 atom stereocenters. The summed E-state index contributed by atoms with van der Waals surface area (Å²) in [5.74, 6) is -3.25. The molecule has 1 rings (SSSR count). The van der Waals surface area contributed by atoms with Crippen molar-refractivity contribution in [2.24, 2.45) is 0 Å². The normalized spacial score (nSPS) is 12.1. The number of carbonyl (C=O) groups excluding carboxylic acids is 1. The van der Waals surface area contributed by atoms with E-state index in [2.05, 4.69) is 10.1 Å². The molecule has 4 nitrogen and oxygen atoms in total. The summed E-state index contributed by atoms with van der Waals surface area (Å²) in [5.41, 5.74) is -0.454. The maximum absolute atomic E-state index is 13.6. The minimum atomic E-state index is -1.23.